The maximum Gasteiger partial charge on any atom is 0.0281 e. The molecule has 1 aliphatic carbocycles. The van der Waals surface area contributed by atoms with Crippen molar-refractivity contribution in [2.75, 3.05) is 13.1 Å². The van der Waals surface area contributed by atoms with Gasteiger partial charge in [0.15, 0.2) is 0 Å². The Kier molecular flexibility index (Phi) is 3.89. The summed E-state index contributed by atoms with van der Waals surface area (Å²) in [4.78, 5) is 2.66. The first-order chi connectivity index (χ1) is 9.04. The van der Waals surface area contributed by atoms with E-state index in [2.05, 4.69) is 70.9 Å². The van der Waals surface area contributed by atoms with Crippen LogP contribution in [-0.2, 0) is 6.54 Å². The first-order valence-corrected chi connectivity index (χ1v) is 8.35. The van der Waals surface area contributed by atoms with Gasteiger partial charge in [0.25, 0.3) is 0 Å². The van der Waals surface area contributed by atoms with Crippen LogP contribution in [0.5, 0.6) is 0 Å². The minimum atomic E-state index is 0.258. The van der Waals surface area contributed by atoms with Gasteiger partial charge in [0.05, 0.1) is 0 Å². The molecule has 2 fully saturated rings. The minimum absolute atomic E-state index is 0.258. The quantitative estimate of drug-likeness (QED) is 0.822. The second kappa shape index (κ2) is 5.34. The van der Waals surface area contributed by atoms with E-state index in [-0.39, 0.29) is 5.54 Å². The monoisotopic (exact) mass is 370 g/mol. The minimum Gasteiger partial charge on any atom is -0.311 e. The van der Waals surface area contributed by atoms with Gasteiger partial charge >= 0.3 is 0 Å². The largest absolute Gasteiger partial charge is 0.311 e. The van der Waals surface area contributed by atoms with E-state index in [0.29, 0.717) is 0 Å². The maximum atomic E-state index is 3.75. The van der Waals surface area contributed by atoms with Crippen LogP contribution in [0.25, 0.3) is 0 Å². The topological polar surface area (TPSA) is 15.3 Å². The lowest BCUT2D eigenvalue weighted by atomic mass is 9.95. The summed E-state index contributed by atoms with van der Waals surface area (Å²) in [7, 11) is 0. The van der Waals surface area contributed by atoms with Crippen molar-refractivity contribution in [3.05, 3.63) is 33.4 Å². The zero-order valence-electron chi connectivity index (χ0n) is 11.8. The van der Waals surface area contributed by atoms with Crippen LogP contribution in [0.2, 0.25) is 0 Å². The number of nitrogens with zero attached hydrogens (tertiary/aromatic N) is 1. The molecule has 3 rings (SSSR count). The summed E-state index contributed by atoms with van der Waals surface area (Å²) >= 11 is 2.37. The Hall–Kier alpha value is -0.130. The van der Waals surface area contributed by atoms with Crippen LogP contribution in [0, 0.1) is 9.49 Å². The second-order valence-corrected chi connectivity index (χ2v) is 7.89. The third-order valence-corrected chi connectivity index (χ3v) is 5.27. The number of nitrogens with one attached hydrogen (secondary N) is 1. The van der Waals surface area contributed by atoms with Crippen LogP contribution in [-0.4, -0.2) is 29.6 Å². The fourth-order valence-electron chi connectivity index (χ4n) is 2.94. The Morgan fingerprint density at radius 3 is 2.58 bits per heavy atom. The Morgan fingerprint density at radius 2 is 1.95 bits per heavy atom. The molecule has 1 aromatic carbocycles. The van der Waals surface area contributed by atoms with E-state index >= 15 is 0 Å². The standard InChI is InChI=1S/C16H23IN2/c1-16(2)11-18-15(13-5-6-13)10-19(16)9-12-3-7-14(17)8-4-12/h3-4,7-8,13,15,18H,5-6,9-11H2,1-2H3. The summed E-state index contributed by atoms with van der Waals surface area (Å²) in [5.41, 5.74) is 1.69. The fourth-order valence-corrected chi connectivity index (χ4v) is 3.30. The molecule has 0 radical (unpaired) electrons. The van der Waals surface area contributed by atoms with Crippen LogP contribution in [0.15, 0.2) is 24.3 Å². The van der Waals surface area contributed by atoms with Crippen LogP contribution < -0.4 is 5.32 Å². The number of piperazine rings is 1. The van der Waals surface area contributed by atoms with Gasteiger partial charge in [-0.1, -0.05) is 12.1 Å². The molecule has 3 heteroatoms. The lowest BCUT2D eigenvalue weighted by Gasteiger charge is -2.46. The molecule has 2 aliphatic rings. The van der Waals surface area contributed by atoms with E-state index in [1.807, 2.05) is 0 Å². The van der Waals surface area contributed by atoms with Crippen molar-refractivity contribution >= 4 is 22.6 Å². The highest BCUT2D eigenvalue weighted by atomic mass is 127. The summed E-state index contributed by atoms with van der Waals surface area (Å²) in [5.74, 6) is 0.940. The van der Waals surface area contributed by atoms with E-state index < -0.39 is 0 Å². The van der Waals surface area contributed by atoms with Gasteiger partial charge in [-0.15, -0.1) is 0 Å². The molecule has 104 valence electrons. The molecule has 0 aromatic heterocycles. The third kappa shape index (κ3) is 3.31. The average molecular weight is 370 g/mol. The highest BCUT2D eigenvalue weighted by molar-refractivity contribution is 14.1. The van der Waals surface area contributed by atoms with Crippen LogP contribution in [0.1, 0.15) is 32.3 Å². The van der Waals surface area contributed by atoms with Gasteiger partial charge in [0.2, 0.25) is 0 Å². The van der Waals surface area contributed by atoms with Crippen molar-refractivity contribution in [3.8, 4) is 0 Å². The van der Waals surface area contributed by atoms with E-state index in [1.165, 1.54) is 28.5 Å². The molecule has 1 atom stereocenters. The summed E-state index contributed by atoms with van der Waals surface area (Å²) in [5, 5.41) is 3.75. The SMILES string of the molecule is CC1(C)CNC(C2CC2)CN1Cc1ccc(I)cc1. The molecular weight excluding hydrogens is 347 g/mol. The summed E-state index contributed by atoms with van der Waals surface area (Å²) < 4.78 is 1.32. The number of halogens is 1. The molecule has 0 bridgehead atoms. The van der Waals surface area contributed by atoms with E-state index in [9.17, 15) is 0 Å². The first-order valence-electron chi connectivity index (χ1n) is 7.27. The number of benzene rings is 1. The number of rotatable bonds is 3. The van der Waals surface area contributed by atoms with E-state index in [1.54, 1.807) is 0 Å². The summed E-state index contributed by atoms with van der Waals surface area (Å²) in [6.07, 6.45) is 2.85. The van der Waals surface area contributed by atoms with Crippen molar-refractivity contribution in [2.24, 2.45) is 5.92 Å². The molecule has 1 aromatic rings. The normalized spacial score (nSPS) is 27.4. The van der Waals surface area contributed by atoms with E-state index in [4.69, 9.17) is 0 Å². The lowest BCUT2D eigenvalue weighted by molar-refractivity contribution is 0.0534. The molecule has 1 aliphatic heterocycles. The average Bonchev–Trinajstić information content (AvgIpc) is 3.19. The van der Waals surface area contributed by atoms with Crippen molar-refractivity contribution in [1.82, 2.24) is 10.2 Å². The van der Waals surface area contributed by atoms with Gasteiger partial charge in [0, 0.05) is 34.8 Å². The molecule has 2 nitrogen and oxygen atoms in total. The number of hydrogen-bond acceptors (Lipinski definition) is 2. The summed E-state index contributed by atoms with van der Waals surface area (Å²) in [6, 6.07) is 9.68. The van der Waals surface area contributed by atoms with Crippen molar-refractivity contribution < 1.29 is 0 Å². The van der Waals surface area contributed by atoms with Gasteiger partial charge in [0.1, 0.15) is 0 Å². The Morgan fingerprint density at radius 1 is 1.26 bits per heavy atom. The predicted octanol–water partition coefficient (Wildman–Crippen LogP) is 3.25. The van der Waals surface area contributed by atoms with E-state index in [0.717, 1.165) is 25.0 Å². The number of hydrogen-bond donors (Lipinski definition) is 1. The molecule has 0 spiro atoms. The van der Waals surface area contributed by atoms with Gasteiger partial charge in [-0.25, -0.2) is 0 Å². The first kappa shape index (κ1) is 13.8. The zero-order chi connectivity index (χ0) is 13.5. The van der Waals surface area contributed by atoms with Gasteiger partial charge in [-0.2, -0.15) is 0 Å². The second-order valence-electron chi connectivity index (χ2n) is 6.64. The molecule has 1 unspecified atom stereocenters. The maximum absolute atomic E-state index is 3.75. The molecule has 1 saturated carbocycles. The molecular formula is C16H23IN2. The lowest BCUT2D eigenvalue weighted by Crippen LogP contribution is -2.62. The highest BCUT2D eigenvalue weighted by Crippen LogP contribution is 2.36. The highest BCUT2D eigenvalue weighted by Gasteiger charge is 2.40. The van der Waals surface area contributed by atoms with Gasteiger partial charge < -0.3 is 5.32 Å². The van der Waals surface area contributed by atoms with Crippen LogP contribution in [0.3, 0.4) is 0 Å². The van der Waals surface area contributed by atoms with Crippen LogP contribution >= 0.6 is 22.6 Å². The van der Waals surface area contributed by atoms with Gasteiger partial charge in [-0.05, 0) is 72.9 Å². The zero-order valence-corrected chi connectivity index (χ0v) is 14.0. The Balaban J connectivity index is 1.70. The molecule has 1 heterocycles. The third-order valence-electron chi connectivity index (χ3n) is 4.55. The molecule has 1 saturated heterocycles. The smallest absolute Gasteiger partial charge is 0.0281 e. The van der Waals surface area contributed by atoms with Crippen molar-refractivity contribution in [3.63, 3.8) is 0 Å². The van der Waals surface area contributed by atoms with Crippen molar-refractivity contribution in [2.45, 2.75) is 44.8 Å². The predicted molar refractivity (Wildman–Crippen MR) is 88.2 cm³/mol. The van der Waals surface area contributed by atoms with Crippen molar-refractivity contribution in [1.29, 1.82) is 0 Å². The fraction of sp³-hybridized carbons (Fsp3) is 0.625. The Labute approximate surface area is 130 Å². The Bertz CT molecular complexity index is 437. The van der Waals surface area contributed by atoms with Crippen LogP contribution in [0.4, 0.5) is 0 Å². The summed E-state index contributed by atoms with van der Waals surface area (Å²) in [6.45, 7) is 8.10. The molecule has 19 heavy (non-hydrogen) atoms. The molecule has 1 N–H and O–H groups in total. The van der Waals surface area contributed by atoms with Gasteiger partial charge in [-0.3, -0.25) is 4.90 Å². The molecule has 0 amide bonds.